The van der Waals surface area contributed by atoms with Crippen LogP contribution >= 0.6 is 0 Å². The first-order chi connectivity index (χ1) is 9.62. The van der Waals surface area contributed by atoms with Crippen molar-refractivity contribution in [3.63, 3.8) is 0 Å². The van der Waals surface area contributed by atoms with Crippen LogP contribution in [0, 0.1) is 23.7 Å². The van der Waals surface area contributed by atoms with Crippen molar-refractivity contribution in [3.8, 4) is 0 Å². The molecule has 0 saturated carbocycles. The van der Waals surface area contributed by atoms with Gasteiger partial charge in [0.25, 0.3) is 0 Å². The number of amidine groups is 2. The third kappa shape index (κ3) is 2.36. The van der Waals surface area contributed by atoms with Gasteiger partial charge in [0.05, 0.1) is 6.04 Å². The van der Waals surface area contributed by atoms with Crippen molar-refractivity contribution in [1.82, 2.24) is 0 Å². The molecule has 0 N–H and O–H groups in total. The van der Waals surface area contributed by atoms with E-state index in [2.05, 4.69) is 27.7 Å². The SMILES string of the molecule is CCC1CC2CC3CC(CC)[C@H](C)N=C3N=C2N=C1C. The first kappa shape index (κ1) is 14.0. The average Bonchev–Trinajstić information content (AvgIpc) is 2.44. The Labute approximate surface area is 122 Å². The summed E-state index contributed by atoms with van der Waals surface area (Å²) in [5.41, 5.74) is 1.27. The number of hydrogen-bond acceptors (Lipinski definition) is 3. The van der Waals surface area contributed by atoms with E-state index in [1.165, 1.54) is 37.8 Å². The summed E-state index contributed by atoms with van der Waals surface area (Å²) in [7, 11) is 0. The topological polar surface area (TPSA) is 37.1 Å². The molecule has 3 aliphatic rings. The van der Waals surface area contributed by atoms with Gasteiger partial charge in [-0.2, -0.15) is 0 Å². The molecule has 20 heavy (non-hydrogen) atoms. The largest absolute Gasteiger partial charge is 0.267 e. The fourth-order valence-corrected chi connectivity index (χ4v) is 4.14. The van der Waals surface area contributed by atoms with Gasteiger partial charge in [-0.1, -0.05) is 20.3 Å². The Morgan fingerprint density at radius 3 is 2.40 bits per heavy atom. The van der Waals surface area contributed by atoms with Crippen LogP contribution < -0.4 is 0 Å². The molecule has 0 aromatic carbocycles. The highest BCUT2D eigenvalue weighted by atomic mass is 15.0. The zero-order valence-corrected chi connectivity index (χ0v) is 13.3. The minimum atomic E-state index is 0.434. The molecule has 0 aromatic heterocycles. The molecule has 3 heterocycles. The lowest BCUT2D eigenvalue weighted by Crippen LogP contribution is -2.39. The van der Waals surface area contributed by atoms with E-state index in [-0.39, 0.29) is 0 Å². The third-order valence-electron chi connectivity index (χ3n) is 5.60. The van der Waals surface area contributed by atoms with Crippen LogP contribution in [0.4, 0.5) is 0 Å². The van der Waals surface area contributed by atoms with Crippen molar-refractivity contribution in [2.45, 2.75) is 65.8 Å². The van der Waals surface area contributed by atoms with Gasteiger partial charge < -0.3 is 0 Å². The number of nitrogens with zero attached hydrogens (tertiary/aromatic N) is 3. The van der Waals surface area contributed by atoms with Gasteiger partial charge in [-0.3, -0.25) is 4.99 Å². The number of fused-ring (bicyclic) bond motifs is 2. The molecule has 0 radical (unpaired) electrons. The molecule has 5 atom stereocenters. The van der Waals surface area contributed by atoms with Gasteiger partial charge in [0.1, 0.15) is 11.7 Å². The van der Waals surface area contributed by atoms with Gasteiger partial charge in [0.2, 0.25) is 0 Å². The van der Waals surface area contributed by atoms with Gasteiger partial charge in [-0.15, -0.1) is 0 Å². The van der Waals surface area contributed by atoms with Crippen LogP contribution in [0.5, 0.6) is 0 Å². The average molecular weight is 273 g/mol. The monoisotopic (exact) mass is 273 g/mol. The first-order valence-corrected chi connectivity index (χ1v) is 8.33. The van der Waals surface area contributed by atoms with E-state index in [0.29, 0.717) is 23.8 Å². The molecule has 4 unspecified atom stereocenters. The van der Waals surface area contributed by atoms with Crippen LogP contribution in [0.3, 0.4) is 0 Å². The molecular weight excluding hydrogens is 246 g/mol. The fourth-order valence-electron chi connectivity index (χ4n) is 4.14. The molecule has 0 bridgehead atoms. The Morgan fingerprint density at radius 2 is 1.70 bits per heavy atom. The molecule has 3 rings (SSSR count). The molecular formula is C17H27N3. The Balaban J connectivity index is 1.90. The second kappa shape index (κ2) is 5.42. The van der Waals surface area contributed by atoms with E-state index in [0.717, 1.165) is 17.6 Å². The molecule has 0 aromatic rings. The van der Waals surface area contributed by atoms with E-state index < -0.39 is 0 Å². The van der Waals surface area contributed by atoms with E-state index in [9.17, 15) is 0 Å². The normalized spacial score (nSPS) is 40.2. The summed E-state index contributed by atoms with van der Waals surface area (Å²) in [5, 5.41) is 0. The van der Waals surface area contributed by atoms with Gasteiger partial charge in [-0.05, 0) is 51.4 Å². The zero-order valence-electron chi connectivity index (χ0n) is 13.3. The smallest absolute Gasteiger partial charge is 0.133 e. The predicted molar refractivity (Wildman–Crippen MR) is 85.8 cm³/mol. The van der Waals surface area contributed by atoms with Crippen LogP contribution in [0.15, 0.2) is 15.0 Å². The highest BCUT2D eigenvalue weighted by Crippen LogP contribution is 2.39. The van der Waals surface area contributed by atoms with Crippen LogP contribution in [0.2, 0.25) is 0 Å². The van der Waals surface area contributed by atoms with E-state index >= 15 is 0 Å². The molecule has 0 fully saturated rings. The zero-order chi connectivity index (χ0) is 14.3. The Morgan fingerprint density at radius 1 is 0.950 bits per heavy atom. The highest BCUT2D eigenvalue weighted by molar-refractivity contribution is 6.08. The van der Waals surface area contributed by atoms with Crippen molar-refractivity contribution in [3.05, 3.63) is 0 Å². The molecule has 3 aliphatic heterocycles. The van der Waals surface area contributed by atoms with E-state index in [4.69, 9.17) is 15.0 Å². The van der Waals surface area contributed by atoms with Crippen LogP contribution in [-0.4, -0.2) is 23.4 Å². The molecule has 110 valence electrons. The Kier molecular flexibility index (Phi) is 3.78. The third-order valence-corrected chi connectivity index (χ3v) is 5.60. The second-order valence-electron chi connectivity index (χ2n) is 6.83. The number of aliphatic imine (C=N–C) groups is 3. The van der Waals surface area contributed by atoms with Crippen LogP contribution in [0.25, 0.3) is 0 Å². The van der Waals surface area contributed by atoms with Crippen molar-refractivity contribution in [2.75, 3.05) is 0 Å². The summed E-state index contributed by atoms with van der Waals surface area (Å²) in [6.07, 6.45) is 6.21. The molecule has 0 saturated heterocycles. The Bertz CT molecular complexity index is 475. The van der Waals surface area contributed by atoms with E-state index in [1.54, 1.807) is 0 Å². The standard InChI is InChI=1S/C17H27N3/c1-5-12-7-14-9-15-8-13(6-2)11(4)19-17(15)20-16(14)18-10(12)3/h10,12-15H,5-9H2,1-4H3/t10-,12?,13?,14?,15?/m0/s1. The predicted octanol–water partition coefficient (Wildman–Crippen LogP) is 4.13. The second-order valence-corrected chi connectivity index (χ2v) is 6.83. The summed E-state index contributed by atoms with van der Waals surface area (Å²) < 4.78 is 0. The lowest BCUT2D eigenvalue weighted by atomic mass is 9.74. The molecule has 0 amide bonds. The molecule has 0 aliphatic carbocycles. The molecule has 0 spiro atoms. The van der Waals surface area contributed by atoms with Crippen LogP contribution in [-0.2, 0) is 0 Å². The molecule has 3 heteroatoms. The fraction of sp³-hybridized carbons (Fsp3) is 0.824. The summed E-state index contributed by atoms with van der Waals surface area (Å²) >= 11 is 0. The first-order valence-electron chi connectivity index (χ1n) is 8.33. The van der Waals surface area contributed by atoms with Crippen molar-refractivity contribution in [2.24, 2.45) is 38.6 Å². The van der Waals surface area contributed by atoms with Crippen LogP contribution in [0.1, 0.15) is 59.8 Å². The van der Waals surface area contributed by atoms with Crippen molar-refractivity contribution >= 4 is 17.4 Å². The van der Waals surface area contributed by atoms with Crippen molar-refractivity contribution in [1.29, 1.82) is 0 Å². The summed E-state index contributed by atoms with van der Waals surface area (Å²) in [6, 6.07) is 0.434. The minimum absolute atomic E-state index is 0.434. The van der Waals surface area contributed by atoms with Gasteiger partial charge in [0.15, 0.2) is 0 Å². The minimum Gasteiger partial charge on any atom is -0.267 e. The Hall–Kier alpha value is -0.990. The lowest BCUT2D eigenvalue weighted by Gasteiger charge is -2.38. The maximum Gasteiger partial charge on any atom is 0.133 e. The highest BCUT2D eigenvalue weighted by Gasteiger charge is 2.38. The quantitative estimate of drug-likeness (QED) is 0.725. The van der Waals surface area contributed by atoms with Gasteiger partial charge in [-0.25, -0.2) is 9.98 Å². The maximum atomic E-state index is 4.87. The molecule has 3 nitrogen and oxygen atoms in total. The summed E-state index contributed by atoms with van der Waals surface area (Å²) in [5.74, 6) is 4.76. The van der Waals surface area contributed by atoms with Gasteiger partial charge >= 0.3 is 0 Å². The summed E-state index contributed by atoms with van der Waals surface area (Å²) in [4.78, 5) is 14.5. The summed E-state index contributed by atoms with van der Waals surface area (Å²) in [6.45, 7) is 8.97. The lowest BCUT2D eigenvalue weighted by molar-refractivity contribution is 0.307. The number of rotatable bonds is 2. The van der Waals surface area contributed by atoms with E-state index in [1.807, 2.05) is 0 Å². The van der Waals surface area contributed by atoms with Gasteiger partial charge in [0, 0.05) is 17.5 Å². The number of hydrogen-bond donors (Lipinski definition) is 0. The van der Waals surface area contributed by atoms with Crippen molar-refractivity contribution < 1.29 is 0 Å². The maximum absolute atomic E-state index is 4.87.